The molecule has 2 aromatic rings. The van der Waals surface area contributed by atoms with Crippen molar-refractivity contribution in [3.05, 3.63) is 34.2 Å². The van der Waals surface area contributed by atoms with Gasteiger partial charge in [-0.15, -0.1) is 11.3 Å². The molecule has 5 nitrogen and oxygen atoms in total. The third kappa shape index (κ3) is 3.52. The Morgan fingerprint density at radius 3 is 2.83 bits per heavy atom. The summed E-state index contributed by atoms with van der Waals surface area (Å²) in [6.45, 7) is 0.821. The van der Waals surface area contributed by atoms with Crippen molar-refractivity contribution in [2.75, 3.05) is 19.3 Å². The molecule has 1 amide bonds. The molecule has 1 unspecified atom stereocenters. The van der Waals surface area contributed by atoms with Crippen molar-refractivity contribution in [2.24, 2.45) is 0 Å². The number of halogens is 1. The number of amides is 1. The lowest BCUT2D eigenvalue weighted by Crippen LogP contribution is -2.49. The molecule has 1 aromatic heterocycles. The van der Waals surface area contributed by atoms with E-state index in [2.05, 4.69) is 5.32 Å². The van der Waals surface area contributed by atoms with E-state index in [1.165, 1.54) is 21.9 Å². The molecule has 2 heterocycles. The highest BCUT2D eigenvalue weighted by molar-refractivity contribution is 7.88. The molecule has 1 aliphatic rings. The van der Waals surface area contributed by atoms with E-state index in [1.54, 1.807) is 0 Å². The molecular weight excluding hydrogens is 356 g/mol. The Balaban J connectivity index is 1.77. The summed E-state index contributed by atoms with van der Waals surface area (Å²) in [5.41, 5.74) is 0. The lowest BCUT2D eigenvalue weighted by Gasteiger charge is -2.31. The Morgan fingerprint density at radius 1 is 1.39 bits per heavy atom. The molecular formula is C15H17ClN2O3S2. The average Bonchev–Trinajstić information content (AvgIpc) is 2.84. The Kier molecular flexibility index (Phi) is 4.64. The number of sulfonamides is 1. The molecule has 0 bridgehead atoms. The molecule has 0 spiro atoms. The zero-order valence-corrected chi connectivity index (χ0v) is 15.0. The monoisotopic (exact) mass is 372 g/mol. The van der Waals surface area contributed by atoms with Gasteiger partial charge in [0.25, 0.3) is 5.91 Å². The molecule has 0 radical (unpaired) electrons. The average molecular weight is 373 g/mol. The first-order chi connectivity index (χ1) is 10.9. The van der Waals surface area contributed by atoms with Crippen LogP contribution in [-0.2, 0) is 10.0 Å². The summed E-state index contributed by atoms with van der Waals surface area (Å²) in [5.74, 6) is -0.239. The minimum Gasteiger partial charge on any atom is -0.347 e. The number of nitrogens with zero attached hydrogens (tertiary/aromatic N) is 1. The zero-order chi connectivity index (χ0) is 16.6. The van der Waals surface area contributed by atoms with E-state index in [1.807, 2.05) is 24.3 Å². The molecule has 1 N–H and O–H groups in total. The second-order valence-corrected chi connectivity index (χ2v) is 9.09. The van der Waals surface area contributed by atoms with Gasteiger partial charge in [-0.2, -0.15) is 0 Å². The summed E-state index contributed by atoms with van der Waals surface area (Å²) in [5, 5.41) is 4.24. The second-order valence-electron chi connectivity index (χ2n) is 5.67. The fraction of sp³-hybridized carbons (Fsp3) is 0.400. The number of rotatable bonds is 3. The quantitative estimate of drug-likeness (QED) is 0.900. The molecule has 124 valence electrons. The zero-order valence-electron chi connectivity index (χ0n) is 12.6. The van der Waals surface area contributed by atoms with E-state index in [9.17, 15) is 13.2 Å². The van der Waals surface area contributed by atoms with Gasteiger partial charge in [0.15, 0.2) is 0 Å². The molecule has 1 saturated heterocycles. The lowest BCUT2D eigenvalue weighted by atomic mass is 10.1. The van der Waals surface area contributed by atoms with E-state index >= 15 is 0 Å². The van der Waals surface area contributed by atoms with Crippen LogP contribution in [0.3, 0.4) is 0 Å². The summed E-state index contributed by atoms with van der Waals surface area (Å²) >= 11 is 7.67. The molecule has 1 atom stereocenters. The van der Waals surface area contributed by atoms with Gasteiger partial charge in [0, 0.05) is 29.2 Å². The van der Waals surface area contributed by atoms with Crippen LogP contribution >= 0.6 is 22.9 Å². The fourth-order valence-corrected chi connectivity index (χ4v) is 5.10. The van der Waals surface area contributed by atoms with Crippen LogP contribution in [0.4, 0.5) is 0 Å². The Labute approximate surface area is 144 Å². The maximum absolute atomic E-state index is 12.5. The normalized spacial score (nSPS) is 19.8. The van der Waals surface area contributed by atoms with Crippen LogP contribution in [0.5, 0.6) is 0 Å². The molecule has 1 aliphatic heterocycles. The Hall–Kier alpha value is -1.15. The van der Waals surface area contributed by atoms with Crippen LogP contribution in [-0.4, -0.2) is 44.0 Å². The van der Waals surface area contributed by atoms with E-state index in [4.69, 9.17) is 11.6 Å². The van der Waals surface area contributed by atoms with Gasteiger partial charge in [-0.1, -0.05) is 29.8 Å². The van der Waals surface area contributed by atoms with Gasteiger partial charge in [0.1, 0.15) is 4.88 Å². The maximum atomic E-state index is 12.5. The van der Waals surface area contributed by atoms with Crippen molar-refractivity contribution in [1.29, 1.82) is 0 Å². The smallest absolute Gasteiger partial charge is 0.263 e. The summed E-state index contributed by atoms with van der Waals surface area (Å²) in [4.78, 5) is 13.0. The van der Waals surface area contributed by atoms with Crippen LogP contribution in [0.1, 0.15) is 22.5 Å². The standard InChI is InChI=1S/C15H17ClN2O3S2/c1-23(20,21)18-8-4-5-10(9-18)17-15(19)14-13(16)11-6-2-3-7-12(11)22-14/h2-3,6-7,10H,4-5,8-9H2,1H3,(H,17,19). The van der Waals surface area contributed by atoms with E-state index < -0.39 is 10.0 Å². The van der Waals surface area contributed by atoms with Crippen LogP contribution in [0.15, 0.2) is 24.3 Å². The van der Waals surface area contributed by atoms with E-state index in [0.29, 0.717) is 23.0 Å². The number of hydrogen-bond donors (Lipinski definition) is 1. The summed E-state index contributed by atoms with van der Waals surface area (Å²) in [6, 6.07) is 7.41. The van der Waals surface area contributed by atoms with Crippen molar-refractivity contribution in [1.82, 2.24) is 9.62 Å². The number of carbonyl (C=O) groups is 1. The van der Waals surface area contributed by atoms with Crippen LogP contribution in [0, 0.1) is 0 Å². The number of fused-ring (bicyclic) bond motifs is 1. The highest BCUT2D eigenvalue weighted by atomic mass is 35.5. The predicted molar refractivity (Wildman–Crippen MR) is 93.7 cm³/mol. The van der Waals surface area contributed by atoms with Gasteiger partial charge in [0.05, 0.1) is 11.3 Å². The minimum atomic E-state index is -3.23. The van der Waals surface area contributed by atoms with Gasteiger partial charge in [-0.3, -0.25) is 4.79 Å². The van der Waals surface area contributed by atoms with E-state index in [0.717, 1.165) is 22.9 Å². The number of piperidine rings is 1. The third-order valence-corrected chi connectivity index (χ3v) is 6.87. The molecule has 1 fully saturated rings. The number of thiophene rings is 1. The minimum absolute atomic E-state index is 0.188. The largest absolute Gasteiger partial charge is 0.347 e. The van der Waals surface area contributed by atoms with Gasteiger partial charge in [-0.05, 0) is 18.9 Å². The number of nitrogens with one attached hydrogen (secondary N) is 1. The molecule has 8 heteroatoms. The SMILES string of the molecule is CS(=O)(=O)N1CCCC(NC(=O)c2sc3ccccc3c2Cl)C1. The Morgan fingerprint density at radius 2 is 2.13 bits per heavy atom. The fourth-order valence-electron chi connectivity index (χ4n) is 2.77. The first kappa shape index (κ1) is 16.7. The number of carbonyl (C=O) groups excluding carboxylic acids is 1. The van der Waals surface area contributed by atoms with Crippen LogP contribution < -0.4 is 5.32 Å². The second kappa shape index (κ2) is 6.39. The van der Waals surface area contributed by atoms with Crippen molar-refractivity contribution in [3.63, 3.8) is 0 Å². The van der Waals surface area contributed by atoms with E-state index in [-0.39, 0.29) is 11.9 Å². The third-order valence-electron chi connectivity index (χ3n) is 3.93. The molecule has 23 heavy (non-hydrogen) atoms. The van der Waals surface area contributed by atoms with Crippen LogP contribution in [0.25, 0.3) is 10.1 Å². The van der Waals surface area contributed by atoms with Crippen molar-refractivity contribution >= 4 is 49.0 Å². The lowest BCUT2D eigenvalue weighted by molar-refractivity contribution is 0.0926. The molecule has 1 aromatic carbocycles. The maximum Gasteiger partial charge on any atom is 0.263 e. The molecule has 0 aliphatic carbocycles. The number of benzene rings is 1. The molecule has 0 saturated carbocycles. The van der Waals surface area contributed by atoms with Crippen LogP contribution in [0.2, 0.25) is 5.02 Å². The topological polar surface area (TPSA) is 66.5 Å². The van der Waals surface area contributed by atoms with Crippen molar-refractivity contribution < 1.29 is 13.2 Å². The summed E-state index contributed by atoms with van der Waals surface area (Å²) in [6.07, 6.45) is 2.69. The van der Waals surface area contributed by atoms with Gasteiger partial charge < -0.3 is 5.32 Å². The van der Waals surface area contributed by atoms with Crippen molar-refractivity contribution in [2.45, 2.75) is 18.9 Å². The van der Waals surface area contributed by atoms with Crippen molar-refractivity contribution in [3.8, 4) is 0 Å². The highest BCUT2D eigenvalue weighted by Gasteiger charge is 2.28. The summed E-state index contributed by atoms with van der Waals surface area (Å²) in [7, 11) is -3.23. The first-order valence-electron chi connectivity index (χ1n) is 7.29. The first-order valence-corrected chi connectivity index (χ1v) is 10.3. The summed E-state index contributed by atoms with van der Waals surface area (Å²) < 4.78 is 25.7. The van der Waals surface area contributed by atoms with Gasteiger partial charge >= 0.3 is 0 Å². The van der Waals surface area contributed by atoms with Gasteiger partial charge in [-0.25, -0.2) is 12.7 Å². The predicted octanol–water partition coefficient (Wildman–Crippen LogP) is 2.71. The van der Waals surface area contributed by atoms with Gasteiger partial charge in [0.2, 0.25) is 10.0 Å². The Bertz CT molecular complexity index is 848. The molecule has 3 rings (SSSR count). The highest BCUT2D eigenvalue weighted by Crippen LogP contribution is 2.35. The number of hydrogen-bond acceptors (Lipinski definition) is 4.